The molecule has 2 atom stereocenters. The second-order valence-electron chi connectivity index (χ2n) is 9.78. The SMILES string of the molecule is COc1ccc(C(=O)Nc2cccc(SC(C(=O)Nc3sc4c(c3C#N)CCC(C)C4)c3ccccc3)c2)cc1. The normalized spacial score (nSPS) is 14.9. The number of benzene rings is 3. The number of carbonyl (C=O) groups is 2. The minimum absolute atomic E-state index is 0.188. The Hall–Kier alpha value is -4.06. The summed E-state index contributed by atoms with van der Waals surface area (Å²) in [5, 5.41) is 16.0. The van der Waals surface area contributed by atoms with Gasteiger partial charge in [-0.2, -0.15) is 5.26 Å². The molecule has 1 heterocycles. The van der Waals surface area contributed by atoms with Crippen LogP contribution in [0.3, 0.4) is 0 Å². The third-order valence-corrected chi connectivity index (χ3v) is 9.32. The number of thiophene rings is 1. The van der Waals surface area contributed by atoms with Gasteiger partial charge in [0, 0.05) is 21.0 Å². The first-order valence-electron chi connectivity index (χ1n) is 13.1. The van der Waals surface area contributed by atoms with Crippen LogP contribution in [0.5, 0.6) is 5.75 Å². The zero-order valence-corrected chi connectivity index (χ0v) is 23.9. The number of thioether (sulfide) groups is 1. The average molecular weight is 568 g/mol. The first-order chi connectivity index (χ1) is 19.4. The van der Waals surface area contributed by atoms with Gasteiger partial charge in [0.25, 0.3) is 5.91 Å². The van der Waals surface area contributed by atoms with Gasteiger partial charge in [0.1, 0.15) is 22.1 Å². The van der Waals surface area contributed by atoms with Crippen LogP contribution in [0.1, 0.15) is 50.5 Å². The second kappa shape index (κ2) is 12.4. The second-order valence-corrected chi connectivity index (χ2v) is 12.1. The molecule has 2 amide bonds. The lowest BCUT2D eigenvalue weighted by molar-refractivity contribution is -0.115. The van der Waals surface area contributed by atoms with E-state index in [2.05, 4.69) is 23.6 Å². The smallest absolute Gasteiger partial charge is 0.255 e. The van der Waals surface area contributed by atoms with Crippen molar-refractivity contribution in [3.05, 3.63) is 106 Å². The maximum atomic E-state index is 13.7. The number of hydrogen-bond acceptors (Lipinski definition) is 6. The minimum Gasteiger partial charge on any atom is -0.497 e. The maximum Gasteiger partial charge on any atom is 0.255 e. The van der Waals surface area contributed by atoms with Gasteiger partial charge in [0.05, 0.1) is 12.7 Å². The van der Waals surface area contributed by atoms with Gasteiger partial charge in [0.15, 0.2) is 0 Å². The van der Waals surface area contributed by atoms with Crippen molar-refractivity contribution in [3.63, 3.8) is 0 Å². The van der Waals surface area contributed by atoms with Gasteiger partial charge in [-0.05, 0) is 78.8 Å². The number of anilines is 2. The van der Waals surface area contributed by atoms with Crippen LogP contribution in [-0.4, -0.2) is 18.9 Å². The van der Waals surface area contributed by atoms with Crippen molar-refractivity contribution in [3.8, 4) is 11.8 Å². The monoisotopic (exact) mass is 567 g/mol. The number of nitrogens with one attached hydrogen (secondary N) is 2. The van der Waals surface area contributed by atoms with E-state index in [1.54, 1.807) is 31.4 Å². The Kier molecular flexibility index (Phi) is 8.54. The highest BCUT2D eigenvalue weighted by molar-refractivity contribution is 8.00. The molecular weight excluding hydrogens is 539 g/mol. The van der Waals surface area contributed by atoms with Crippen molar-refractivity contribution in [2.24, 2.45) is 5.92 Å². The van der Waals surface area contributed by atoms with E-state index in [4.69, 9.17) is 4.74 Å². The number of rotatable bonds is 8. The van der Waals surface area contributed by atoms with Gasteiger partial charge < -0.3 is 15.4 Å². The summed E-state index contributed by atoms with van der Waals surface area (Å²) in [5.74, 6) is 0.833. The molecule has 202 valence electrons. The van der Waals surface area contributed by atoms with Crippen molar-refractivity contribution in [1.29, 1.82) is 5.26 Å². The first-order valence-corrected chi connectivity index (χ1v) is 14.8. The van der Waals surface area contributed by atoms with E-state index in [1.807, 2.05) is 54.6 Å². The molecule has 1 aromatic heterocycles. The molecule has 1 aliphatic carbocycles. The van der Waals surface area contributed by atoms with E-state index in [-0.39, 0.29) is 11.8 Å². The summed E-state index contributed by atoms with van der Waals surface area (Å²) in [4.78, 5) is 28.6. The number of methoxy groups -OCH3 is 1. The maximum absolute atomic E-state index is 13.7. The van der Waals surface area contributed by atoms with Crippen LogP contribution in [0.25, 0.3) is 0 Å². The molecule has 8 heteroatoms. The fourth-order valence-corrected chi connectivity index (χ4v) is 7.21. The summed E-state index contributed by atoms with van der Waals surface area (Å²) >= 11 is 2.93. The van der Waals surface area contributed by atoms with Crippen molar-refractivity contribution in [1.82, 2.24) is 0 Å². The van der Waals surface area contributed by atoms with E-state index < -0.39 is 5.25 Å². The minimum atomic E-state index is -0.557. The van der Waals surface area contributed by atoms with Gasteiger partial charge in [-0.25, -0.2) is 0 Å². The number of carbonyl (C=O) groups excluding carboxylic acids is 2. The van der Waals surface area contributed by atoms with E-state index >= 15 is 0 Å². The van der Waals surface area contributed by atoms with Crippen LogP contribution < -0.4 is 15.4 Å². The van der Waals surface area contributed by atoms with Gasteiger partial charge in [-0.15, -0.1) is 23.1 Å². The molecule has 40 heavy (non-hydrogen) atoms. The lowest BCUT2D eigenvalue weighted by atomic mass is 9.88. The van der Waals surface area contributed by atoms with E-state index in [0.717, 1.165) is 35.3 Å². The van der Waals surface area contributed by atoms with E-state index in [0.29, 0.717) is 33.5 Å². The largest absolute Gasteiger partial charge is 0.497 e. The highest BCUT2D eigenvalue weighted by Gasteiger charge is 2.28. The predicted molar refractivity (Wildman–Crippen MR) is 161 cm³/mol. The van der Waals surface area contributed by atoms with Gasteiger partial charge >= 0.3 is 0 Å². The predicted octanol–water partition coefficient (Wildman–Crippen LogP) is 7.48. The van der Waals surface area contributed by atoms with Crippen molar-refractivity contribution < 1.29 is 14.3 Å². The van der Waals surface area contributed by atoms with Crippen LogP contribution in [0.4, 0.5) is 10.7 Å². The van der Waals surface area contributed by atoms with Crippen LogP contribution in [0.15, 0.2) is 83.8 Å². The number of hydrogen-bond donors (Lipinski definition) is 2. The quantitative estimate of drug-likeness (QED) is 0.215. The Labute approximate surface area is 242 Å². The Morgan fingerprint density at radius 3 is 2.55 bits per heavy atom. The molecule has 4 aromatic rings. The summed E-state index contributed by atoms with van der Waals surface area (Å²) in [5.41, 5.74) is 3.68. The molecule has 2 unspecified atom stereocenters. The molecule has 0 saturated carbocycles. The molecule has 0 bridgehead atoms. The third-order valence-electron chi connectivity index (χ3n) is 6.90. The standard InChI is InChI=1S/C32H29N3O3S2/c1-20-11-16-26-27(19-33)32(40-28(26)17-20)35-31(37)29(21-7-4-3-5-8-21)39-25-10-6-9-23(18-25)34-30(36)22-12-14-24(38-2)15-13-22/h3-10,12-15,18,20,29H,11,16-17H2,1-2H3,(H,34,36)(H,35,37). The zero-order chi connectivity index (χ0) is 28.1. The fourth-order valence-electron chi connectivity index (χ4n) is 4.76. The molecule has 6 nitrogen and oxygen atoms in total. The molecule has 3 aromatic carbocycles. The number of amides is 2. The van der Waals surface area contributed by atoms with Gasteiger partial charge in [-0.3, -0.25) is 9.59 Å². The molecule has 0 fully saturated rings. The summed E-state index contributed by atoms with van der Waals surface area (Å²) in [7, 11) is 1.58. The number of fused-ring (bicyclic) bond motifs is 1. The fraction of sp³-hybridized carbons (Fsp3) is 0.219. The molecule has 0 aliphatic heterocycles. The highest BCUT2D eigenvalue weighted by Crippen LogP contribution is 2.42. The molecular formula is C32H29N3O3S2. The summed E-state index contributed by atoms with van der Waals surface area (Å²) in [6.07, 6.45) is 2.87. The Balaban J connectivity index is 1.36. The number of nitriles is 1. The Morgan fingerprint density at radius 1 is 1.05 bits per heavy atom. The highest BCUT2D eigenvalue weighted by atomic mass is 32.2. The Morgan fingerprint density at radius 2 is 1.82 bits per heavy atom. The summed E-state index contributed by atoms with van der Waals surface area (Å²) < 4.78 is 5.17. The third kappa shape index (κ3) is 6.22. The number of nitrogens with zero attached hydrogens (tertiary/aromatic N) is 1. The molecule has 2 N–H and O–H groups in total. The lowest BCUT2D eigenvalue weighted by Gasteiger charge is -2.17. The van der Waals surface area contributed by atoms with Gasteiger partial charge in [0.2, 0.25) is 5.91 Å². The van der Waals surface area contributed by atoms with Crippen molar-refractivity contribution >= 4 is 45.6 Å². The van der Waals surface area contributed by atoms with Crippen molar-refractivity contribution in [2.75, 3.05) is 17.7 Å². The van der Waals surface area contributed by atoms with Crippen LogP contribution in [0, 0.1) is 17.2 Å². The molecule has 5 rings (SSSR count). The number of ether oxygens (including phenoxy) is 1. The lowest BCUT2D eigenvalue weighted by Crippen LogP contribution is -2.19. The molecule has 1 aliphatic rings. The van der Waals surface area contributed by atoms with Crippen LogP contribution >= 0.6 is 23.1 Å². The van der Waals surface area contributed by atoms with E-state index in [9.17, 15) is 14.9 Å². The summed E-state index contributed by atoms with van der Waals surface area (Å²) in [6, 6.07) is 26.3. The Bertz CT molecular complexity index is 1560. The topological polar surface area (TPSA) is 91.2 Å². The van der Waals surface area contributed by atoms with E-state index in [1.165, 1.54) is 28.0 Å². The molecule has 0 saturated heterocycles. The van der Waals surface area contributed by atoms with Crippen LogP contribution in [0.2, 0.25) is 0 Å². The zero-order valence-electron chi connectivity index (χ0n) is 22.3. The molecule has 0 spiro atoms. The van der Waals surface area contributed by atoms with Gasteiger partial charge in [-0.1, -0.05) is 43.3 Å². The first kappa shape index (κ1) is 27.5. The average Bonchev–Trinajstić information content (AvgIpc) is 3.32. The summed E-state index contributed by atoms with van der Waals surface area (Å²) in [6.45, 7) is 2.22. The van der Waals surface area contributed by atoms with Crippen LogP contribution in [-0.2, 0) is 17.6 Å². The molecule has 0 radical (unpaired) electrons. The van der Waals surface area contributed by atoms with Crippen molar-refractivity contribution in [2.45, 2.75) is 36.3 Å².